The molecule has 2 aromatic carbocycles. The first-order chi connectivity index (χ1) is 14.5. The van der Waals surface area contributed by atoms with Crippen molar-refractivity contribution in [2.45, 2.75) is 13.3 Å². The number of ether oxygens (including phenoxy) is 3. The van der Waals surface area contributed by atoms with Crippen LogP contribution in [0.1, 0.15) is 29.3 Å². The number of methoxy groups -OCH3 is 2. The van der Waals surface area contributed by atoms with E-state index in [0.717, 1.165) is 12.0 Å². The predicted molar refractivity (Wildman–Crippen MR) is 118 cm³/mol. The molecule has 0 radical (unpaired) electrons. The number of aromatic amines is 1. The molecule has 1 heterocycles. The zero-order chi connectivity index (χ0) is 21.5. The van der Waals surface area contributed by atoms with Gasteiger partial charge in [0.25, 0.3) is 5.56 Å². The van der Waals surface area contributed by atoms with E-state index in [4.69, 9.17) is 14.2 Å². The number of Topliss-reactive ketones (excluding diaryl/α,β-unsaturated/α-hetero) is 1. The number of thiazole rings is 1. The number of H-pyrrole nitrogens is 1. The van der Waals surface area contributed by atoms with Crippen molar-refractivity contribution in [1.82, 2.24) is 4.98 Å². The Bertz CT molecular complexity index is 1190. The molecule has 6 nitrogen and oxygen atoms in total. The maximum Gasteiger partial charge on any atom is 0.266 e. The molecule has 30 heavy (non-hydrogen) atoms. The Morgan fingerprint density at radius 2 is 1.83 bits per heavy atom. The summed E-state index contributed by atoms with van der Waals surface area (Å²) in [5.41, 5.74) is 1.08. The number of benzene rings is 2. The molecule has 3 aromatic rings. The first-order valence-electron chi connectivity index (χ1n) is 9.46. The van der Waals surface area contributed by atoms with E-state index in [1.807, 2.05) is 19.1 Å². The molecule has 7 heteroatoms. The fourth-order valence-corrected chi connectivity index (χ4v) is 3.63. The number of nitrogens with one attached hydrogen (secondary N) is 1. The molecular formula is C23H23NO5S. The van der Waals surface area contributed by atoms with Crippen LogP contribution in [0.15, 0.2) is 47.3 Å². The van der Waals surface area contributed by atoms with E-state index < -0.39 is 0 Å². The van der Waals surface area contributed by atoms with E-state index >= 15 is 0 Å². The van der Waals surface area contributed by atoms with Gasteiger partial charge < -0.3 is 19.2 Å². The molecule has 0 bridgehead atoms. The fraction of sp³-hybridized carbons (Fsp3) is 0.217. The zero-order valence-electron chi connectivity index (χ0n) is 17.1. The summed E-state index contributed by atoms with van der Waals surface area (Å²) in [5, 5.41) is 0. The SMILES string of the molecule is CCCOc1cc(/C=c2\s/c(=C\C(=O)c3ccc(OC)cc3)[nH]c2=O)ccc1OC. The molecule has 0 fully saturated rings. The van der Waals surface area contributed by atoms with Gasteiger partial charge in [0.15, 0.2) is 17.3 Å². The molecule has 156 valence electrons. The molecule has 0 aliphatic heterocycles. The molecule has 0 amide bonds. The highest BCUT2D eigenvalue weighted by Crippen LogP contribution is 2.28. The van der Waals surface area contributed by atoms with Gasteiger partial charge in [-0.05, 0) is 54.5 Å². The topological polar surface area (TPSA) is 77.6 Å². The van der Waals surface area contributed by atoms with Crippen molar-refractivity contribution in [1.29, 1.82) is 0 Å². The van der Waals surface area contributed by atoms with Crippen LogP contribution in [0.3, 0.4) is 0 Å². The van der Waals surface area contributed by atoms with E-state index in [0.29, 0.717) is 38.6 Å². The number of hydrogen-bond donors (Lipinski definition) is 1. The van der Waals surface area contributed by atoms with Crippen LogP contribution >= 0.6 is 11.3 Å². The fourth-order valence-electron chi connectivity index (χ4n) is 2.74. The summed E-state index contributed by atoms with van der Waals surface area (Å²) < 4.78 is 17.1. The van der Waals surface area contributed by atoms with Crippen LogP contribution in [0, 0.1) is 0 Å². The second kappa shape index (κ2) is 9.93. The van der Waals surface area contributed by atoms with Gasteiger partial charge in [0.05, 0.1) is 30.0 Å². The van der Waals surface area contributed by atoms with Crippen LogP contribution < -0.4 is 29.0 Å². The Hall–Kier alpha value is -3.32. The van der Waals surface area contributed by atoms with Crippen LogP contribution in [-0.2, 0) is 0 Å². The zero-order valence-corrected chi connectivity index (χ0v) is 17.9. The van der Waals surface area contributed by atoms with Crippen molar-refractivity contribution < 1.29 is 19.0 Å². The Morgan fingerprint density at radius 1 is 1.07 bits per heavy atom. The van der Waals surface area contributed by atoms with Crippen molar-refractivity contribution in [3.63, 3.8) is 0 Å². The van der Waals surface area contributed by atoms with Crippen LogP contribution in [0.2, 0.25) is 0 Å². The van der Waals surface area contributed by atoms with Crippen molar-refractivity contribution in [2.75, 3.05) is 20.8 Å². The van der Waals surface area contributed by atoms with E-state index in [2.05, 4.69) is 4.98 Å². The summed E-state index contributed by atoms with van der Waals surface area (Å²) in [6.07, 6.45) is 4.06. The van der Waals surface area contributed by atoms with E-state index in [-0.39, 0.29) is 11.3 Å². The molecule has 0 atom stereocenters. The number of carbonyl (C=O) groups is 1. The number of rotatable bonds is 8. The van der Waals surface area contributed by atoms with E-state index in [1.165, 1.54) is 17.4 Å². The van der Waals surface area contributed by atoms with Gasteiger partial charge in [-0.2, -0.15) is 0 Å². The van der Waals surface area contributed by atoms with E-state index in [9.17, 15) is 9.59 Å². The molecule has 0 saturated heterocycles. The van der Waals surface area contributed by atoms with Gasteiger partial charge in [0, 0.05) is 11.6 Å². The third-order valence-corrected chi connectivity index (χ3v) is 5.23. The largest absolute Gasteiger partial charge is 0.497 e. The lowest BCUT2D eigenvalue weighted by Gasteiger charge is -2.10. The normalized spacial score (nSPS) is 12.1. The molecule has 0 aliphatic rings. The highest BCUT2D eigenvalue weighted by Gasteiger charge is 2.06. The Labute approximate surface area is 178 Å². The summed E-state index contributed by atoms with van der Waals surface area (Å²) in [5.74, 6) is 1.75. The van der Waals surface area contributed by atoms with Gasteiger partial charge in [-0.1, -0.05) is 13.0 Å². The summed E-state index contributed by atoms with van der Waals surface area (Å²) in [4.78, 5) is 27.5. The molecular weight excluding hydrogens is 402 g/mol. The third kappa shape index (κ3) is 5.18. The second-order valence-electron chi connectivity index (χ2n) is 6.42. The van der Waals surface area contributed by atoms with Crippen molar-refractivity contribution in [3.8, 4) is 17.2 Å². The van der Waals surface area contributed by atoms with Gasteiger partial charge in [-0.3, -0.25) is 9.59 Å². The molecule has 0 aliphatic carbocycles. The van der Waals surface area contributed by atoms with Gasteiger partial charge in [0.2, 0.25) is 0 Å². The van der Waals surface area contributed by atoms with Crippen molar-refractivity contribution >= 4 is 29.3 Å². The van der Waals surface area contributed by atoms with Gasteiger partial charge in [-0.25, -0.2) is 0 Å². The first-order valence-corrected chi connectivity index (χ1v) is 10.3. The third-order valence-electron chi connectivity index (χ3n) is 4.26. The Balaban J connectivity index is 1.91. The summed E-state index contributed by atoms with van der Waals surface area (Å²) in [6, 6.07) is 12.3. The minimum Gasteiger partial charge on any atom is -0.497 e. The lowest BCUT2D eigenvalue weighted by atomic mass is 10.1. The number of aromatic nitrogens is 1. The highest BCUT2D eigenvalue weighted by atomic mass is 32.1. The van der Waals surface area contributed by atoms with Crippen LogP contribution in [0.25, 0.3) is 12.2 Å². The van der Waals surface area contributed by atoms with Gasteiger partial charge in [0.1, 0.15) is 5.75 Å². The second-order valence-corrected chi connectivity index (χ2v) is 7.51. The minimum absolute atomic E-state index is 0.193. The monoisotopic (exact) mass is 425 g/mol. The average Bonchev–Trinajstić information content (AvgIpc) is 3.10. The summed E-state index contributed by atoms with van der Waals surface area (Å²) in [7, 11) is 3.16. The maximum atomic E-state index is 12.5. The minimum atomic E-state index is -0.249. The van der Waals surface area contributed by atoms with Gasteiger partial charge >= 0.3 is 0 Å². The predicted octanol–water partition coefficient (Wildman–Crippen LogP) is 2.73. The van der Waals surface area contributed by atoms with Crippen molar-refractivity contribution in [2.24, 2.45) is 0 Å². The van der Waals surface area contributed by atoms with E-state index in [1.54, 1.807) is 50.6 Å². The molecule has 3 rings (SSSR count). The first kappa shape index (κ1) is 21.4. The molecule has 1 N–H and O–H groups in total. The summed E-state index contributed by atoms with van der Waals surface area (Å²) >= 11 is 1.22. The van der Waals surface area contributed by atoms with Crippen LogP contribution in [0.4, 0.5) is 0 Å². The molecule has 0 saturated carbocycles. The van der Waals surface area contributed by atoms with Crippen LogP contribution in [-0.4, -0.2) is 31.6 Å². The maximum absolute atomic E-state index is 12.5. The molecule has 0 unspecified atom stereocenters. The van der Waals surface area contributed by atoms with Gasteiger partial charge in [-0.15, -0.1) is 11.3 Å². The smallest absolute Gasteiger partial charge is 0.266 e. The standard InChI is InChI=1S/C23H23NO5S/c1-4-11-29-20-12-15(5-10-19(20)28-3)13-21-23(26)24-22(30-21)14-18(25)16-6-8-17(27-2)9-7-16/h5-10,12-14H,4,11H2,1-3H3,(H,24,26)/b21-13-,22-14-. The highest BCUT2D eigenvalue weighted by molar-refractivity contribution is 7.07. The number of hydrogen-bond acceptors (Lipinski definition) is 6. The summed E-state index contributed by atoms with van der Waals surface area (Å²) in [6.45, 7) is 2.60. The number of carbonyl (C=O) groups excluding carboxylic acids is 1. The Kier molecular flexibility index (Phi) is 7.08. The quantitative estimate of drug-likeness (QED) is 0.562. The van der Waals surface area contributed by atoms with Crippen LogP contribution in [0.5, 0.6) is 17.2 Å². The molecule has 1 aromatic heterocycles. The average molecular weight is 426 g/mol. The Morgan fingerprint density at radius 3 is 2.50 bits per heavy atom. The lowest BCUT2D eigenvalue weighted by Crippen LogP contribution is -2.20. The number of ketones is 1. The van der Waals surface area contributed by atoms with Crippen molar-refractivity contribution in [3.05, 3.63) is 73.1 Å². The lowest BCUT2D eigenvalue weighted by molar-refractivity contribution is 0.106. The molecule has 0 spiro atoms.